The van der Waals surface area contributed by atoms with Crippen LogP contribution in [0.1, 0.15) is 55.6 Å². The van der Waals surface area contributed by atoms with Gasteiger partial charge in [-0.2, -0.15) is 5.10 Å². The van der Waals surface area contributed by atoms with E-state index in [0.29, 0.717) is 12.2 Å². The van der Waals surface area contributed by atoms with Crippen molar-refractivity contribution < 1.29 is 13.2 Å². The molecule has 0 spiro atoms. The van der Waals surface area contributed by atoms with Crippen LogP contribution in [-0.2, 0) is 20.0 Å². The van der Waals surface area contributed by atoms with Crippen molar-refractivity contribution in [1.29, 1.82) is 0 Å². The molecule has 1 aromatic heterocycles. The van der Waals surface area contributed by atoms with E-state index in [9.17, 15) is 13.2 Å². The van der Waals surface area contributed by atoms with Gasteiger partial charge in [0.1, 0.15) is 5.82 Å². The van der Waals surface area contributed by atoms with Gasteiger partial charge in [-0.25, -0.2) is 13.1 Å². The number of hydrogen-bond acceptors (Lipinski definition) is 4. The second kappa shape index (κ2) is 7.78. The van der Waals surface area contributed by atoms with Gasteiger partial charge >= 0.3 is 0 Å². The Balaban J connectivity index is 1.84. The maximum Gasteiger partial charge on any atom is 0.249 e. The average molecular weight is 416 g/mol. The van der Waals surface area contributed by atoms with Gasteiger partial charge in [-0.1, -0.05) is 44.5 Å². The van der Waals surface area contributed by atoms with E-state index >= 15 is 0 Å². The number of benzene rings is 1. The van der Waals surface area contributed by atoms with Crippen molar-refractivity contribution in [2.75, 3.05) is 16.8 Å². The van der Waals surface area contributed by atoms with E-state index in [1.165, 1.54) is 11.6 Å². The summed E-state index contributed by atoms with van der Waals surface area (Å²) in [6.45, 7) is 10.2. The molecule has 1 fully saturated rings. The van der Waals surface area contributed by atoms with Gasteiger partial charge in [0.15, 0.2) is 9.84 Å². The summed E-state index contributed by atoms with van der Waals surface area (Å²) < 4.78 is 25.5. The number of nitrogens with zero attached hydrogens (tertiary/aromatic N) is 2. The first-order chi connectivity index (χ1) is 13.4. The summed E-state index contributed by atoms with van der Waals surface area (Å²) in [7, 11) is -3.06. The van der Waals surface area contributed by atoms with Crippen molar-refractivity contribution in [3.63, 3.8) is 0 Å². The summed E-state index contributed by atoms with van der Waals surface area (Å²) in [5.74, 6) is 0.474. The zero-order chi connectivity index (χ0) is 21.4. The molecule has 1 amide bonds. The Labute approximate surface area is 172 Å². The minimum absolute atomic E-state index is 0.0551. The highest BCUT2D eigenvalue weighted by Gasteiger charge is 2.32. The van der Waals surface area contributed by atoms with Crippen molar-refractivity contribution in [3.05, 3.63) is 52.7 Å². The minimum atomic E-state index is -3.06. The van der Waals surface area contributed by atoms with Crippen molar-refractivity contribution in [2.45, 2.75) is 52.5 Å². The number of carbonyl (C=O) groups is 1. The van der Waals surface area contributed by atoms with Gasteiger partial charge < -0.3 is 5.32 Å². The van der Waals surface area contributed by atoms with Gasteiger partial charge in [0.05, 0.1) is 23.2 Å². The summed E-state index contributed by atoms with van der Waals surface area (Å²) >= 11 is 0. The molecule has 156 valence electrons. The number of anilines is 1. The number of aryl methyl sites for hydroxylation is 2. The van der Waals surface area contributed by atoms with E-state index in [1.807, 2.05) is 52.8 Å². The molecule has 1 aromatic carbocycles. The number of nitrogens with one attached hydrogen (secondary N) is 1. The van der Waals surface area contributed by atoms with Crippen LogP contribution < -0.4 is 5.32 Å². The Morgan fingerprint density at radius 1 is 1.24 bits per heavy atom. The van der Waals surface area contributed by atoms with E-state index in [1.54, 1.807) is 10.8 Å². The lowest BCUT2D eigenvalue weighted by molar-refractivity contribution is -0.111. The highest BCUT2D eigenvalue weighted by Crippen LogP contribution is 2.30. The summed E-state index contributed by atoms with van der Waals surface area (Å²) in [5, 5.41) is 7.53. The molecule has 1 aliphatic rings. The number of hydrogen-bond donors (Lipinski definition) is 1. The lowest BCUT2D eigenvalue weighted by Crippen LogP contribution is -2.19. The van der Waals surface area contributed by atoms with Gasteiger partial charge in [0, 0.05) is 17.6 Å². The Kier molecular flexibility index (Phi) is 5.72. The fourth-order valence-corrected chi connectivity index (χ4v) is 5.14. The standard InChI is InChI=1S/C22H29N3O3S/c1-15-6-7-17(16(2)12-15)8-9-21(26)23-20-13-19(22(3,4)5)24-25(20)18-10-11-29(27,28)14-18/h6-9,12-13,18H,10-11,14H2,1-5H3,(H,23,26)/b9-8+/t18-/m0/s1. The molecule has 2 aromatic rings. The fourth-order valence-electron chi connectivity index (χ4n) is 3.45. The Morgan fingerprint density at radius 2 is 1.97 bits per heavy atom. The van der Waals surface area contributed by atoms with Crippen LogP contribution in [-0.4, -0.2) is 35.6 Å². The Bertz CT molecular complexity index is 1060. The predicted octanol–water partition coefficient (Wildman–Crippen LogP) is 3.81. The van der Waals surface area contributed by atoms with E-state index in [-0.39, 0.29) is 28.9 Å². The number of sulfone groups is 1. The molecule has 3 rings (SSSR count). The number of carbonyl (C=O) groups excluding carboxylic acids is 1. The van der Waals surface area contributed by atoms with Crippen molar-refractivity contribution in [3.8, 4) is 0 Å². The first-order valence-corrected chi connectivity index (χ1v) is 11.6. The van der Waals surface area contributed by atoms with Crippen molar-refractivity contribution in [2.24, 2.45) is 0 Å². The highest BCUT2D eigenvalue weighted by atomic mass is 32.2. The second-order valence-corrected chi connectivity index (χ2v) is 11.1. The molecule has 0 bridgehead atoms. The van der Waals surface area contributed by atoms with E-state index in [4.69, 9.17) is 0 Å². The molecule has 2 heterocycles. The van der Waals surface area contributed by atoms with E-state index in [2.05, 4.69) is 16.5 Å². The van der Waals surface area contributed by atoms with Crippen molar-refractivity contribution in [1.82, 2.24) is 9.78 Å². The van der Waals surface area contributed by atoms with E-state index < -0.39 is 9.84 Å². The zero-order valence-electron chi connectivity index (χ0n) is 17.7. The largest absolute Gasteiger partial charge is 0.307 e. The van der Waals surface area contributed by atoms with Gasteiger partial charge in [0.2, 0.25) is 5.91 Å². The molecule has 0 unspecified atom stereocenters. The Hall–Kier alpha value is -2.41. The van der Waals surface area contributed by atoms with Crippen LogP contribution in [0.25, 0.3) is 6.08 Å². The zero-order valence-corrected chi connectivity index (χ0v) is 18.5. The average Bonchev–Trinajstić information content (AvgIpc) is 3.17. The molecule has 0 radical (unpaired) electrons. The number of aromatic nitrogens is 2. The molecule has 0 aliphatic carbocycles. The summed E-state index contributed by atoms with van der Waals surface area (Å²) in [4.78, 5) is 12.6. The van der Waals surface area contributed by atoms with Gasteiger partial charge in [-0.15, -0.1) is 0 Å². The van der Waals surface area contributed by atoms with Crippen LogP contribution in [0.2, 0.25) is 0 Å². The number of amides is 1. The summed E-state index contributed by atoms with van der Waals surface area (Å²) in [5.41, 5.74) is 3.86. The van der Waals surface area contributed by atoms with Crippen LogP contribution >= 0.6 is 0 Å². The molecule has 29 heavy (non-hydrogen) atoms. The topological polar surface area (TPSA) is 81.1 Å². The van der Waals surface area contributed by atoms with E-state index in [0.717, 1.165) is 16.8 Å². The van der Waals surface area contributed by atoms with Crippen LogP contribution in [0, 0.1) is 13.8 Å². The molecular formula is C22H29N3O3S. The molecule has 0 saturated carbocycles. The predicted molar refractivity (Wildman–Crippen MR) is 117 cm³/mol. The first-order valence-electron chi connectivity index (χ1n) is 9.81. The third-order valence-corrected chi connectivity index (χ3v) is 6.90. The van der Waals surface area contributed by atoms with Crippen LogP contribution in [0.5, 0.6) is 0 Å². The van der Waals surface area contributed by atoms with Gasteiger partial charge in [0.25, 0.3) is 0 Å². The lowest BCUT2D eigenvalue weighted by atomic mass is 9.92. The van der Waals surface area contributed by atoms with Gasteiger partial charge in [-0.05, 0) is 37.5 Å². The molecule has 1 saturated heterocycles. The quantitative estimate of drug-likeness (QED) is 0.770. The SMILES string of the molecule is Cc1ccc(/C=C/C(=O)Nc2cc(C(C)(C)C)nn2[C@H]2CCS(=O)(=O)C2)c(C)c1. The van der Waals surface area contributed by atoms with Crippen LogP contribution in [0.4, 0.5) is 5.82 Å². The summed E-state index contributed by atoms with van der Waals surface area (Å²) in [6.07, 6.45) is 3.79. The molecule has 7 heteroatoms. The summed E-state index contributed by atoms with van der Waals surface area (Å²) in [6, 6.07) is 7.65. The lowest BCUT2D eigenvalue weighted by Gasteiger charge is -2.15. The molecule has 1 N–H and O–H groups in total. The monoisotopic (exact) mass is 415 g/mol. The Morgan fingerprint density at radius 3 is 2.55 bits per heavy atom. The highest BCUT2D eigenvalue weighted by molar-refractivity contribution is 7.91. The molecule has 1 atom stereocenters. The second-order valence-electron chi connectivity index (χ2n) is 8.85. The maximum absolute atomic E-state index is 12.6. The fraction of sp³-hybridized carbons (Fsp3) is 0.455. The van der Waals surface area contributed by atoms with Crippen molar-refractivity contribution >= 4 is 27.6 Å². The van der Waals surface area contributed by atoms with Crippen LogP contribution in [0.15, 0.2) is 30.3 Å². The third kappa shape index (κ3) is 5.15. The maximum atomic E-state index is 12.6. The molecular weight excluding hydrogens is 386 g/mol. The minimum Gasteiger partial charge on any atom is -0.307 e. The van der Waals surface area contributed by atoms with Gasteiger partial charge in [-0.3, -0.25) is 4.79 Å². The van der Waals surface area contributed by atoms with Crippen LogP contribution in [0.3, 0.4) is 0 Å². The molecule has 1 aliphatic heterocycles. The third-order valence-electron chi connectivity index (χ3n) is 5.15. The number of rotatable bonds is 4. The molecule has 6 nitrogen and oxygen atoms in total. The first kappa shape index (κ1) is 21.3. The smallest absolute Gasteiger partial charge is 0.249 e. The normalized spacial score (nSPS) is 19.0.